The van der Waals surface area contributed by atoms with Crippen LogP contribution in [-0.4, -0.2) is 35.2 Å². The molecule has 0 spiro atoms. The maximum atomic E-state index is 8.98. The normalized spacial score (nSPS) is 35.3. The van der Waals surface area contributed by atoms with Crippen LogP contribution in [0.1, 0.15) is 64.7 Å². The number of hydrogen-bond donors (Lipinski definition) is 1. The molecule has 100 valence electrons. The Morgan fingerprint density at radius 3 is 2.82 bits per heavy atom. The first-order valence-electron chi connectivity index (χ1n) is 7.71. The van der Waals surface area contributed by atoms with Gasteiger partial charge in [-0.05, 0) is 51.0 Å². The van der Waals surface area contributed by atoms with Crippen LogP contribution in [0.4, 0.5) is 0 Å². The van der Waals surface area contributed by atoms with Crippen molar-refractivity contribution < 1.29 is 5.11 Å². The Morgan fingerprint density at radius 1 is 1.18 bits per heavy atom. The van der Waals surface area contributed by atoms with E-state index >= 15 is 0 Å². The molecule has 17 heavy (non-hydrogen) atoms. The summed E-state index contributed by atoms with van der Waals surface area (Å²) < 4.78 is 0. The van der Waals surface area contributed by atoms with Gasteiger partial charge in [-0.25, -0.2) is 0 Å². The van der Waals surface area contributed by atoms with E-state index in [0.29, 0.717) is 6.61 Å². The minimum Gasteiger partial charge on any atom is -0.396 e. The van der Waals surface area contributed by atoms with Gasteiger partial charge in [-0.2, -0.15) is 0 Å². The lowest BCUT2D eigenvalue weighted by Crippen LogP contribution is -2.41. The Bertz CT molecular complexity index is 219. The molecule has 0 bridgehead atoms. The third-order valence-corrected chi connectivity index (χ3v) is 4.92. The lowest BCUT2D eigenvalue weighted by molar-refractivity contribution is 0.108. The van der Waals surface area contributed by atoms with Crippen molar-refractivity contribution in [1.29, 1.82) is 0 Å². The van der Waals surface area contributed by atoms with Crippen molar-refractivity contribution in [3.8, 4) is 0 Å². The predicted octanol–water partition coefficient (Wildman–Crippen LogP) is 3.19. The standard InChI is InChI=1S/C15H29NO/c1-2-13-6-3-7-15(12-13)16-10-4-8-14(16)9-5-11-17/h13-15,17H,2-12H2,1H3. The summed E-state index contributed by atoms with van der Waals surface area (Å²) in [7, 11) is 0. The second kappa shape index (κ2) is 6.75. The third-order valence-electron chi connectivity index (χ3n) is 4.92. The van der Waals surface area contributed by atoms with Crippen LogP contribution in [0.5, 0.6) is 0 Å². The highest BCUT2D eigenvalue weighted by atomic mass is 16.2. The molecule has 1 aliphatic carbocycles. The van der Waals surface area contributed by atoms with Crippen LogP contribution in [-0.2, 0) is 0 Å². The fourth-order valence-electron chi connectivity index (χ4n) is 3.91. The zero-order chi connectivity index (χ0) is 12.1. The molecule has 0 amide bonds. The van der Waals surface area contributed by atoms with Gasteiger partial charge in [-0.1, -0.05) is 26.2 Å². The quantitative estimate of drug-likeness (QED) is 0.796. The van der Waals surface area contributed by atoms with Gasteiger partial charge < -0.3 is 5.11 Å². The average Bonchev–Trinajstić information content (AvgIpc) is 2.84. The van der Waals surface area contributed by atoms with E-state index < -0.39 is 0 Å². The fraction of sp³-hybridized carbons (Fsp3) is 1.00. The molecule has 3 atom stereocenters. The van der Waals surface area contributed by atoms with E-state index in [1.807, 2.05) is 0 Å². The van der Waals surface area contributed by atoms with E-state index in [1.54, 1.807) is 0 Å². The van der Waals surface area contributed by atoms with E-state index in [1.165, 1.54) is 57.9 Å². The van der Waals surface area contributed by atoms with Crippen LogP contribution in [0.2, 0.25) is 0 Å². The van der Waals surface area contributed by atoms with Gasteiger partial charge in [0, 0.05) is 18.7 Å². The van der Waals surface area contributed by atoms with Crippen LogP contribution < -0.4 is 0 Å². The number of aliphatic hydroxyl groups is 1. The molecule has 1 saturated heterocycles. The molecular weight excluding hydrogens is 210 g/mol. The molecule has 1 heterocycles. The summed E-state index contributed by atoms with van der Waals surface area (Å²) in [5, 5.41) is 8.98. The molecule has 3 unspecified atom stereocenters. The largest absolute Gasteiger partial charge is 0.396 e. The molecule has 0 aromatic rings. The Kier molecular flexibility index (Phi) is 5.30. The van der Waals surface area contributed by atoms with Gasteiger partial charge in [0.05, 0.1) is 0 Å². The highest BCUT2D eigenvalue weighted by Crippen LogP contribution is 2.34. The Hall–Kier alpha value is -0.0800. The maximum absolute atomic E-state index is 8.98. The zero-order valence-corrected chi connectivity index (χ0v) is 11.4. The summed E-state index contributed by atoms with van der Waals surface area (Å²) in [5.41, 5.74) is 0. The summed E-state index contributed by atoms with van der Waals surface area (Å²) >= 11 is 0. The van der Waals surface area contributed by atoms with Crippen LogP contribution >= 0.6 is 0 Å². The van der Waals surface area contributed by atoms with E-state index in [0.717, 1.165) is 24.4 Å². The van der Waals surface area contributed by atoms with Crippen molar-refractivity contribution >= 4 is 0 Å². The van der Waals surface area contributed by atoms with Gasteiger partial charge in [-0.3, -0.25) is 4.90 Å². The molecule has 2 fully saturated rings. The molecule has 2 nitrogen and oxygen atoms in total. The van der Waals surface area contributed by atoms with Crippen molar-refractivity contribution in [2.75, 3.05) is 13.2 Å². The average molecular weight is 239 g/mol. The molecule has 0 aromatic heterocycles. The Labute approximate surface area is 106 Å². The van der Waals surface area contributed by atoms with Crippen LogP contribution in [0.15, 0.2) is 0 Å². The van der Waals surface area contributed by atoms with Crippen LogP contribution in [0, 0.1) is 5.92 Å². The number of hydrogen-bond acceptors (Lipinski definition) is 2. The Morgan fingerprint density at radius 2 is 2.06 bits per heavy atom. The first-order valence-corrected chi connectivity index (χ1v) is 7.71. The third kappa shape index (κ3) is 3.45. The van der Waals surface area contributed by atoms with Crippen LogP contribution in [0.3, 0.4) is 0 Å². The summed E-state index contributed by atoms with van der Waals surface area (Å²) in [6.07, 6.45) is 12.1. The second-order valence-electron chi connectivity index (χ2n) is 5.99. The molecule has 1 aliphatic heterocycles. The predicted molar refractivity (Wildman–Crippen MR) is 72.1 cm³/mol. The second-order valence-corrected chi connectivity index (χ2v) is 5.99. The van der Waals surface area contributed by atoms with Gasteiger partial charge in [0.25, 0.3) is 0 Å². The van der Waals surface area contributed by atoms with E-state index in [4.69, 9.17) is 5.11 Å². The van der Waals surface area contributed by atoms with Crippen molar-refractivity contribution in [3.63, 3.8) is 0 Å². The van der Waals surface area contributed by atoms with Crippen molar-refractivity contribution in [2.24, 2.45) is 5.92 Å². The summed E-state index contributed by atoms with van der Waals surface area (Å²) in [6.45, 7) is 4.03. The number of likely N-dealkylation sites (tertiary alicyclic amines) is 1. The summed E-state index contributed by atoms with van der Waals surface area (Å²) in [5.74, 6) is 0.979. The van der Waals surface area contributed by atoms with Gasteiger partial charge in [0.15, 0.2) is 0 Å². The lowest BCUT2D eigenvalue weighted by Gasteiger charge is -2.38. The van der Waals surface area contributed by atoms with Gasteiger partial charge in [0.2, 0.25) is 0 Å². The smallest absolute Gasteiger partial charge is 0.0431 e. The van der Waals surface area contributed by atoms with Gasteiger partial charge >= 0.3 is 0 Å². The molecule has 1 N–H and O–H groups in total. The van der Waals surface area contributed by atoms with Gasteiger partial charge in [-0.15, -0.1) is 0 Å². The van der Waals surface area contributed by atoms with E-state index in [2.05, 4.69) is 11.8 Å². The number of aliphatic hydroxyl groups excluding tert-OH is 1. The van der Waals surface area contributed by atoms with E-state index in [9.17, 15) is 0 Å². The molecular formula is C15H29NO. The molecule has 0 aromatic carbocycles. The maximum Gasteiger partial charge on any atom is 0.0431 e. The highest BCUT2D eigenvalue weighted by Gasteiger charge is 2.32. The monoisotopic (exact) mass is 239 g/mol. The minimum absolute atomic E-state index is 0.368. The summed E-state index contributed by atoms with van der Waals surface area (Å²) in [4.78, 5) is 2.79. The van der Waals surface area contributed by atoms with Crippen molar-refractivity contribution in [2.45, 2.75) is 76.8 Å². The molecule has 2 rings (SSSR count). The van der Waals surface area contributed by atoms with Gasteiger partial charge in [0.1, 0.15) is 0 Å². The lowest BCUT2D eigenvalue weighted by atomic mass is 9.83. The van der Waals surface area contributed by atoms with Crippen molar-refractivity contribution in [1.82, 2.24) is 4.90 Å². The minimum atomic E-state index is 0.368. The van der Waals surface area contributed by atoms with Crippen LogP contribution in [0.25, 0.3) is 0 Å². The number of rotatable bonds is 5. The summed E-state index contributed by atoms with van der Waals surface area (Å²) in [6, 6.07) is 1.64. The Balaban J connectivity index is 1.86. The SMILES string of the molecule is CCC1CCCC(N2CCCC2CCCO)C1. The molecule has 0 radical (unpaired) electrons. The molecule has 2 aliphatic rings. The molecule has 1 saturated carbocycles. The zero-order valence-electron chi connectivity index (χ0n) is 11.4. The van der Waals surface area contributed by atoms with Crippen molar-refractivity contribution in [3.05, 3.63) is 0 Å². The van der Waals surface area contributed by atoms with E-state index in [-0.39, 0.29) is 0 Å². The fourth-order valence-corrected chi connectivity index (χ4v) is 3.91. The number of nitrogens with zero attached hydrogens (tertiary/aromatic N) is 1. The molecule has 2 heteroatoms. The highest BCUT2D eigenvalue weighted by molar-refractivity contribution is 4.88. The first kappa shape index (κ1) is 13.4. The topological polar surface area (TPSA) is 23.5 Å². The first-order chi connectivity index (χ1) is 8.35.